The van der Waals surface area contributed by atoms with Crippen molar-refractivity contribution in [2.24, 2.45) is 0 Å². The van der Waals surface area contributed by atoms with Crippen molar-refractivity contribution in [3.8, 4) is 5.75 Å². The van der Waals surface area contributed by atoms with Crippen LogP contribution < -0.4 is 4.90 Å². The van der Waals surface area contributed by atoms with Crippen LogP contribution in [0.1, 0.15) is 17.3 Å². The number of halogens is 1. The van der Waals surface area contributed by atoms with Crippen molar-refractivity contribution in [1.82, 2.24) is 0 Å². The Hall–Kier alpha value is -2.00. The Bertz CT molecular complexity index is 598. The van der Waals surface area contributed by atoms with E-state index < -0.39 is 0 Å². The molecular formula is C15H14ClNO2. The molecule has 0 atom stereocenters. The van der Waals surface area contributed by atoms with Crippen LogP contribution in [0.25, 0.3) is 0 Å². The van der Waals surface area contributed by atoms with Gasteiger partial charge in [-0.25, -0.2) is 0 Å². The van der Waals surface area contributed by atoms with Gasteiger partial charge in [0, 0.05) is 28.9 Å². The molecule has 0 radical (unpaired) electrons. The highest BCUT2D eigenvalue weighted by Gasteiger charge is 2.16. The molecule has 1 amide bonds. The number of carbonyl (C=O) groups is 1. The van der Waals surface area contributed by atoms with Crippen LogP contribution in [0, 0.1) is 0 Å². The van der Waals surface area contributed by atoms with Gasteiger partial charge in [0.25, 0.3) is 5.91 Å². The first-order chi connectivity index (χ1) is 9.11. The third-order valence-electron chi connectivity index (χ3n) is 2.77. The molecule has 2 aromatic carbocycles. The van der Waals surface area contributed by atoms with Crippen LogP contribution in [0.3, 0.4) is 0 Å². The molecule has 0 saturated heterocycles. The fourth-order valence-electron chi connectivity index (χ4n) is 1.88. The normalized spacial score (nSPS) is 10.2. The van der Waals surface area contributed by atoms with Crippen molar-refractivity contribution in [3.05, 3.63) is 59.1 Å². The molecule has 2 aromatic rings. The summed E-state index contributed by atoms with van der Waals surface area (Å²) >= 11 is 5.90. The summed E-state index contributed by atoms with van der Waals surface area (Å²) in [5, 5.41) is 10.0. The van der Waals surface area contributed by atoms with E-state index >= 15 is 0 Å². The number of hydrogen-bond acceptors (Lipinski definition) is 2. The topological polar surface area (TPSA) is 40.5 Å². The van der Waals surface area contributed by atoms with Crippen LogP contribution in [-0.2, 0) is 0 Å². The molecule has 3 nitrogen and oxygen atoms in total. The third-order valence-corrected chi connectivity index (χ3v) is 3.01. The van der Waals surface area contributed by atoms with E-state index in [9.17, 15) is 9.90 Å². The zero-order chi connectivity index (χ0) is 13.8. The molecule has 0 unspecified atom stereocenters. The second kappa shape index (κ2) is 5.76. The quantitative estimate of drug-likeness (QED) is 0.928. The third kappa shape index (κ3) is 3.06. The average molecular weight is 276 g/mol. The molecule has 19 heavy (non-hydrogen) atoms. The molecular weight excluding hydrogens is 262 g/mol. The number of amides is 1. The van der Waals surface area contributed by atoms with E-state index in [4.69, 9.17) is 11.6 Å². The number of phenols is 1. The largest absolute Gasteiger partial charge is 0.508 e. The van der Waals surface area contributed by atoms with Crippen LogP contribution >= 0.6 is 11.6 Å². The molecule has 0 aromatic heterocycles. The van der Waals surface area contributed by atoms with Crippen molar-refractivity contribution in [2.45, 2.75) is 6.92 Å². The molecule has 0 bridgehead atoms. The van der Waals surface area contributed by atoms with Gasteiger partial charge in [-0.1, -0.05) is 23.7 Å². The highest BCUT2D eigenvalue weighted by atomic mass is 35.5. The maximum absolute atomic E-state index is 12.4. The average Bonchev–Trinajstić information content (AvgIpc) is 2.39. The highest BCUT2D eigenvalue weighted by molar-refractivity contribution is 6.31. The Morgan fingerprint density at radius 3 is 2.58 bits per heavy atom. The minimum atomic E-state index is -0.143. The number of hydrogen-bond donors (Lipinski definition) is 1. The molecule has 1 N–H and O–H groups in total. The second-order valence-corrected chi connectivity index (χ2v) is 4.52. The van der Waals surface area contributed by atoms with Crippen LogP contribution in [0.4, 0.5) is 5.69 Å². The predicted molar refractivity (Wildman–Crippen MR) is 76.9 cm³/mol. The molecule has 0 aliphatic rings. The van der Waals surface area contributed by atoms with Gasteiger partial charge >= 0.3 is 0 Å². The number of benzene rings is 2. The van der Waals surface area contributed by atoms with Crippen molar-refractivity contribution in [2.75, 3.05) is 11.4 Å². The minimum Gasteiger partial charge on any atom is -0.508 e. The van der Waals surface area contributed by atoms with Crippen LogP contribution in [-0.4, -0.2) is 17.6 Å². The van der Waals surface area contributed by atoms with Crippen molar-refractivity contribution in [3.63, 3.8) is 0 Å². The van der Waals surface area contributed by atoms with E-state index in [1.807, 2.05) is 6.92 Å². The number of nitrogens with zero attached hydrogens (tertiary/aromatic N) is 1. The lowest BCUT2D eigenvalue weighted by Gasteiger charge is -2.21. The SMILES string of the molecule is CCN(C(=O)c1cccc(Cl)c1)c1cccc(O)c1. The molecule has 0 fully saturated rings. The second-order valence-electron chi connectivity index (χ2n) is 4.08. The van der Waals surface area contributed by atoms with E-state index in [0.717, 1.165) is 0 Å². The van der Waals surface area contributed by atoms with Crippen molar-refractivity contribution in [1.29, 1.82) is 0 Å². The zero-order valence-corrected chi connectivity index (χ0v) is 11.3. The van der Waals surface area contributed by atoms with E-state index in [1.54, 1.807) is 53.4 Å². The van der Waals surface area contributed by atoms with Crippen LogP contribution in [0.15, 0.2) is 48.5 Å². The summed E-state index contributed by atoms with van der Waals surface area (Å²) in [5.74, 6) is -0.00885. The fraction of sp³-hybridized carbons (Fsp3) is 0.133. The first kappa shape index (κ1) is 13.4. The number of phenolic OH excluding ortho intramolecular Hbond substituents is 1. The number of anilines is 1. The Balaban J connectivity index is 2.34. The summed E-state index contributed by atoms with van der Waals surface area (Å²) in [4.78, 5) is 14.0. The molecule has 0 aliphatic carbocycles. The lowest BCUT2D eigenvalue weighted by atomic mass is 10.1. The maximum Gasteiger partial charge on any atom is 0.258 e. The van der Waals surface area contributed by atoms with E-state index in [1.165, 1.54) is 0 Å². The smallest absolute Gasteiger partial charge is 0.258 e. The minimum absolute atomic E-state index is 0.134. The van der Waals surface area contributed by atoms with Gasteiger partial charge in [-0.2, -0.15) is 0 Å². The zero-order valence-electron chi connectivity index (χ0n) is 10.5. The van der Waals surface area contributed by atoms with Gasteiger partial charge in [0.2, 0.25) is 0 Å². The van der Waals surface area contributed by atoms with Gasteiger partial charge in [0.05, 0.1) is 0 Å². The molecule has 0 heterocycles. The Morgan fingerprint density at radius 2 is 1.95 bits per heavy atom. The standard InChI is InChI=1S/C15H14ClNO2/c1-2-17(13-7-4-8-14(18)10-13)15(19)11-5-3-6-12(16)9-11/h3-10,18H,2H2,1H3. The molecule has 98 valence electrons. The lowest BCUT2D eigenvalue weighted by Crippen LogP contribution is -2.30. The summed E-state index contributed by atoms with van der Waals surface area (Å²) in [5.41, 5.74) is 1.19. The van der Waals surface area contributed by atoms with Crippen LogP contribution in [0.2, 0.25) is 5.02 Å². The first-order valence-corrected chi connectivity index (χ1v) is 6.36. The Kier molecular flexibility index (Phi) is 4.07. The van der Waals surface area contributed by atoms with E-state index in [2.05, 4.69) is 0 Å². The van der Waals surface area contributed by atoms with Gasteiger partial charge in [-0.15, -0.1) is 0 Å². The highest BCUT2D eigenvalue weighted by Crippen LogP contribution is 2.22. The van der Waals surface area contributed by atoms with E-state index in [0.29, 0.717) is 22.8 Å². The molecule has 4 heteroatoms. The maximum atomic E-state index is 12.4. The summed E-state index contributed by atoms with van der Waals surface area (Å²) in [6.45, 7) is 2.39. The van der Waals surface area contributed by atoms with Gasteiger partial charge < -0.3 is 10.0 Å². The predicted octanol–water partition coefficient (Wildman–Crippen LogP) is 3.71. The number of aromatic hydroxyl groups is 1. The number of rotatable bonds is 3. The lowest BCUT2D eigenvalue weighted by molar-refractivity contribution is 0.0988. The Morgan fingerprint density at radius 1 is 1.21 bits per heavy atom. The first-order valence-electron chi connectivity index (χ1n) is 5.98. The Labute approximate surface area is 117 Å². The van der Waals surface area contributed by atoms with Gasteiger partial charge in [0.15, 0.2) is 0 Å². The molecule has 0 saturated carbocycles. The molecule has 2 rings (SSSR count). The summed E-state index contributed by atoms with van der Waals surface area (Å²) in [6, 6.07) is 13.4. The van der Waals surface area contributed by atoms with Crippen molar-refractivity contribution < 1.29 is 9.90 Å². The van der Waals surface area contributed by atoms with E-state index in [-0.39, 0.29) is 11.7 Å². The van der Waals surface area contributed by atoms with Gasteiger partial charge in [-0.05, 0) is 37.3 Å². The fourth-order valence-corrected chi connectivity index (χ4v) is 2.07. The summed E-state index contributed by atoms with van der Waals surface area (Å²) in [6.07, 6.45) is 0. The van der Waals surface area contributed by atoms with Crippen LogP contribution in [0.5, 0.6) is 5.75 Å². The number of carbonyl (C=O) groups excluding carboxylic acids is 1. The monoisotopic (exact) mass is 275 g/mol. The van der Waals surface area contributed by atoms with Crippen molar-refractivity contribution >= 4 is 23.2 Å². The summed E-state index contributed by atoms with van der Waals surface area (Å²) < 4.78 is 0. The van der Waals surface area contributed by atoms with Gasteiger partial charge in [0.1, 0.15) is 5.75 Å². The van der Waals surface area contributed by atoms with Gasteiger partial charge in [-0.3, -0.25) is 4.79 Å². The molecule has 0 aliphatic heterocycles. The molecule has 0 spiro atoms. The summed E-state index contributed by atoms with van der Waals surface area (Å²) in [7, 11) is 0.